The summed E-state index contributed by atoms with van der Waals surface area (Å²) in [4.78, 5) is 10.7. The van der Waals surface area contributed by atoms with Gasteiger partial charge in [0.1, 0.15) is 0 Å². The zero-order valence-electron chi connectivity index (χ0n) is 7.87. The second kappa shape index (κ2) is 3.21. The highest BCUT2D eigenvalue weighted by atomic mass is 16.4. The molecule has 3 N–H and O–H groups in total. The van der Waals surface area contributed by atoms with Crippen LogP contribution in [-0.4, -0.2) is 23.7 Å². The third-order valence-corrected chi connectivity index (χ3v) is 2.27. The highest BCUT2D eigenvalue weighted by Crippen LogP contribution is 2.26. The molecule has 1 unspecified atom stereocenters. The van der Waals surface area contributed by atoms with Crippen LogP contribution in [0.4, 0.5) is 11.4 Å². The standard InChI is InChI=1S/C10H12N2O2/c1-6-5-11-8-3-2-7(10(13)14)4-9(8)12-6/h2-4,6,11-12H,5H2,1H3,(H,13,14). The Hall–Kier alpha value is -1.71. The summed E-state index contributed by atoms with van der Waals surface area (Å²) in [5.74, 6) is -0.896. The summed E-state index contributed by atoms with van der Waals surface area (Å²) in [6, 6.07) is 5.37. The van der Waals surface area contributed by atoms with Crippen LogP contribution < -0.4 is 10.6 Å². The molecule has 0 spiro atoms. The molecule has 0 fully saturated rings. The molecule has 0 saturated carbocycles. The van der Waals surface area contributed by atoms with Gasteiger partial charge in [0.15, 0.2) is 0 Å². The van der Waals surface area contributed by atoms with Crippen molar-refractivity contribution in [1.82, 2.24) is 0 Å². The van der Waals surface area contributed by atoms with Crippen LogP contribution >= 0.6 is 0 Å². The first kappa shape index (κ1) is 8.87. The number of carbonyl (C=O) groups is 1. The second-order valence-corrected chi connectivity index (χ2v) is 3.49. The van der Waals surface area contributed by atoms with Gasteiger partial charge in [0, 0.05) is 12.6 Å². The lowest BCUT2D eigenvalue weighted by molar-refractivity contribution is 0.0697. The summed E-state index contributed by atoms with van der Waals surface area (Å²) < 4.78 is 0. The van der Waals surface area contributed by atoms with E-state index in [0.29, 0.717) is 11.6 Å². The zero-order chi connectivity index (χ0) is 10.1. The van der Waals surface area contributed by atoms with Gasteiger partial charge in [-0.15, -0.1) is 0 Å². The molecule has 1 aromatic rings. The van der Waals surface area contributed by atoms with Crippen LogP contribution in [0.2, 0.25) is 0 Å². The van der Waals surface area contributed by atoms with Crippen molar-refractivity contribution in [2.24, 2.45) is 0 Å². The summed E-state index contributed by atoms with van der Waals surface area (Å²) in [6.45, 7) is 2.91. The van der Waals surface area contributed by atoms with Gasteiger partial charge in [-0.2, -0.15) is 0 Å². The van der Waals surface area contributed by atoms with Crippen LogP contribution in [0, 0.1) is 0 Å². The monoisotopic (exact) mass is 192 g/mol. The van der Waals surface area contributed by atoms with Crippen LogP contribution in [0.1, 0.15) is 17.3 Å². The fourth-order valence-electron chi connectivity index (χ4n) is 1.53. The highest BCUT2D eigenvalue weighted by molar-refractivity contribution is 5.91. The van der Waals surface area contributed by atoms with Gasteiger partial charge in [-0.1, -0.05) is 0 Å². The lowest BCUT2D eigenvalue weighted by atomic mass is 10.1. The molecule has 0 bridgehead atoms. The molecule has 1 atom stereocenters. The van der Waals surface area contributed by atoms with Gasteiger partial charge >= 0.3 is 5.97 Å². The van der Waals surface area contributed by atoms with Gasteiger partial charge in [0.05, 0.1) is 16.9 Å². The average Bonchev–Trinajstić information content (AvgIpc) is 2.16. The molecule has 0 aromatic heterocycles. The van der Waals surface area contributed by atoms with Crippen molar-refractivity contribution in [2.75, 3.05) is 17.2 Å². The van der Waals surface area contributed by atoms with Crippen LogP contribution in [0.25, 0.3) is 0 Å². The molecule has 4 nitrogen and oxygen atoms in total. The molecule has 0 aliphatic carbocycles. The maximum absolute atomic E-state index is 10.7. The number of fused-ring (bicyclic) bond motifs is 1. The Labute approximate surface area is 81.9 Å². The first-order chi connectivity index (χ1) is 6.66. The fourth-order valence-corrected chi connectivity index (χ4v) is 1.53. The SMILES string of the molecule is CC1CNc2ccc(C(=O)O)cc2N1. The summed E-state index contributed by atoms with van der Waals surface area (Å²) in [6.07, 6.45) is 0. The van der Waals surface area contributed by atoms with E-state index < -0.39 is 5.97 Å². The first-order valence-corrected chi connectivity index (χ1v) is 4.54. The van der Waals surface area contributed by atoms with Gasteiger partial charge in [-0.25, -0.2) is 4.79 Å². The second-order valence-electron chi connectivity index (χ2n) is 3.49. The van der Waals surface area contributed by atoms with E-state index in [2.05, 4.69) is 10.6 Å². The minimum Gasteiger partial charge on any atom is -0.478 e. The van der Waals surface area contributed by atoms with E-state index in [1.54, 1.807) is 18.2 Å². The Bertz CT molecular complexity index is 376. The highest BCUT2D eigenvalue weighted by Gasteiger charge is 2.14. The quantitative estimate of drug-likeness (QED) is 0.632. The predicted octanol–water partition coefficient (Wildman–Crippen LogP) is 1.61. The molecule has 0 radical (unpaired) electrons. The van der Waals surface area contributed by atoms with Crippen molar-refractivity contribution in [2.45, 2.75) is 13.0 Å². The topological polar surface area (TPSA) is 61.4 Å². The van der Waals surface area contributed by atoms with E-state index in [9.17, 15) is 4.79 Å². The van der Waals surface area contributed by atoms with Gasteiger partial charge < -0.3 is 15.7 Å². The Morgan fingerprint density at radius 3 is 3.00 bits per heavy atom. The number of nitrogens with one attached hydrogen (secondary N) is 2. The van der Waals surface area contributed by atoms with Crippen molar-refractivity contribution in [3.63, 3.8) is 0 Å². The van der Waals surface area contributed by atoms with Crippen LogP contribution in [0.5, 0.6) is 0 Å². The number of hydrogen-bond donors (Lipinski definition) is 3. The average molecular weight is 192 g/mol. The summed E-state index contributed by atoms with van der Waals surface area (Å²) >= 11 is 0. The maximum Gasteiger partial charge on any atom is 0.335 e. The largest absolute Gasteiger partial charge is 0.478 e. The van der Waals surface area contributed by atoms with Gasteiger partial charge in [0.25, 0.3) is 0 Å². The van der Waals surface area contributed by atoms with Crippen molar-refractivity contribution < 1.29 is 9.90 Å². The predicted molar refractivity (Wildman–Crippen MR) is 55.0 cm³/mol. The van der Waals surface area contributed by atoms with E-state index in [1.807, 2.05) is 6.92 Å². The molecular formula is C10H12N2O2. The third-order valence-electron chi connectivity index (χ3n) is 2.27. The maximum atomic E-state index is 10.7. The molecule has 1 heterocycles. The van der Waals surface area contributed by atoms with Gasteiger partial charge in [0.2, 0.25) is 0 Å². The smallest absolute Gasteiger partial charge is 0.335 e. The summed E-state index contributed by atoms with van der Waals surface area (Å²) in [5.41, 5.74) is 2.14. The molecule has 2 rings (SSSR count). The Balaban J connectivity index is 2.37. The van der Waals surface area contributed by atoms with Crippen molar-refractivity contribution in [3.05, 3.63) is 23.8 Å². The van der Waals surface area contributed by atoms with E-state index >= 15 is 0 Å². The van der Waals surface area contributed by atoms with E-state index in [4.69, 9.17) is 5.11 Å². The number of carboxylic acids is 1. The van der Waals surface area contributed by atoms with E-state index in [1.165, 1.54) is 0 Å². The van der Waals surface area contributed by atoms with Gasteiger partial charge in [-0.3, -0.25) is 0 Å². The molecule has 1 aliphatic heterocycles. The normalized spacial score (nSPS) is 19.1. The minimum absolute atomic E-state index is 0.312. The molecule has 74 valence electrons. The number of aromatic carboxylic acids is 1. The van der Waals surface area contributed by atoms with E-state index in [-0.39, 0.29) is 0 Å². The Kier molecular flexibility index (Phi) is 2.04. The lowest BCUT2D eigenvalue weighted by Gasteiger charge is -2.25. The minimum atomic E-state index is -0.896. The molecule has 1 aliphatic rings. The number of hydrogen-bond acceptors (Lipinski definition) is 3. The third kappa shape index (κ3) is 1.51. The number of carboxylic acid groups (broad SMARTS) is 1. The van der Waals surface area contributed by atoms with Gasteiger partial charge in [-0.05, 0) is 25.1 Å². The number of rotatable bonds is 1. The summed E-state index contributed by atoms with van der Waals surface area (Å²) in [5, 5.41) is 15.3. The molecule has 4 heteroatoms. The number of benzene rings is 1. The van der Waals surface area contributed by atoms with Crippen LogP contribution in [-0.2, 0) is 0 Å². The molecular weight excluding hydrogens is 180 g/mol. The van der Waals surface area contributed by atoms with Crippen molar-refractivity contribution >= 4 is 17.3 Å². The first-order valence-electron chi connectivity index (χ1n) is 4.54. The summed E-state index contributed by atoms with van der Waals surface area (Å²) in [7, 11) is 0. The fraction of sp³-hybridized carbons (Fsp3) is 0.300. The van der Waals surface area contributed by atoms with Crippen molar-refractivity contribution in [3.8, 4) is 0 Å². The zero-order valence-corrected chi connectivity index (χ0v) is 7.87. The Morgan fingerprint density at radius 2 is 2.29 bits per heavy atom. The molecule has 0 saturated heterocycles. The van der Waals surface area contributed by atoms with Crippen molar-refractivity contribution in [1.29, 1.82) is 0 Å². The van der Waals surface area contributed by atoms with Crippen LogP contribution in [0.3, 0.4) is 0 Å². The molecule has 0 amide bonds. The van der Waals surface area contributed by atoms with Crippen LogP contribution in [0.15, 0.2) is 18.2 Å². The lowest BCUT2D eigenvalue weighted by Crippen LogP contribution is -2.30. The number of anilines is 2. The Morgan fingerprint density at radius 1 is 1.50 bits per heavy atom. The molecule has 14 heavy (non-hydrogen) atoms. The van der Waals surface area contributed by atoms with E-state index in [0.717, 1.165) is 17.9 Å². The molecule has 1 aromatic carbocycles.